The van der Waals surface area contributed by atoms with E-state index in [4.69, 9.17) is 11.6 Å². The Morgan fingerprint density at radius 2 is 1.72 bits per heavy atom. The summed E-state index contributed by atoms with van der Waals surface area (Å²) in [6.07, 6.45) is 5.34. The summed E-state index contributed by atoms with van der Waals surface area (Å²) in [6, 6.07) is 13.5. The van der Waals surface area contributed by atoms with Gasteiger partial charge in [-0.2, -0.15) is 0 Å². The minimum atomic E-state index is -3.82. The van der Waals surface area contributed by atoms with Crippen LogP contribution < -0.4 is 4.31 Å². The molecule has 156 valence electrons. The molecule has 5 nitrogen and oxygen atoms in total. The average molecular weight is 435 g/mol. The van der Waals surface area contributed by atoms with E-state index >= 15 is 0 Å². The highest BCUT2D eigenvalue weighted by molar-refractivity contribution is 7.92. The molecule has 0 saturated heterocycles. The number of halogens is 1. The Bertz CT molecular complexity index is 957. The first-order valence-corrected chi connectivity index (χ1v) is 11.8. The van der Waals surface area contributed by atoms with E-state index < -0.39 is 10.0 Å². The van der Waals surface area contributed by atoms with Crippen molar-refractivity contribution >= 4 is 33.2 Å². The summed E-state index contributed by atoms with van der Waals surface area (Å²) in [5, 5.41) is 0.263. The molecule has 0 radical (unpaired) electrons. The zero-order valence-corrected chi connectivity index (χ0v) is 18.4. The lowest BCUT2D eigenvalue weighted by Gasteiger charge is -2.31. The molecule has 0 aromatic heterocycles. The third-order valence-corrected chi connectivity index (χ3v) is 7.76. The number of hydrogen-bond donors (Lipinski definition) is 0. The van der Waals surface area contributed by atoms with Gasteiger partial charge in [-0.25, -0.2) is 8.42 Å². The maximum Gasteiger partial charge on any atom is 0.264 e. The fraction of sp³-hybridized carbons (Fsp3) is 0.409. The van der Waals surface area contributed by atoms with Gasteiger partial charge in [0, 0.05) is 19.6 Å². The van der Waals surface area contributed by atoms with E-state index in [9.17, 15) is 13.2 Å². The first-order chi connectivity index (χ1) is 13.9. The number of nitrogens with zero attached hydrogens (tertiary/aromatic N) is 2. The van der Waals surface area contributed by atoms with E-state index in [1.165, 1.54) is 28.9 Å². The van der Waals surface area contributed by atoms with Crippen molar-refractivity contribution in [1.29, 1.82) is 0 Å². The second-order valence-electron chi connectivity index (χ2n) is 7.35. The second-order valence-corrected chi connectivity index (χ2v) is 9.62. The quantitative estimate of drug-likeness (QED) is 0.645. The zero-order chi connectivity index (χ0) is 21.0. The summed E-state index contributed by atoms with van der Waals surface area (Å²) in [6.45, 7) is 2.06. The Morgan fingerprint density at radius 1 is 1.07 bits per heavy atom. The van der Waals surface area contributed by atoms with Crippen molar-refractivity contribution in [3.63, 3.8) is 0 Å². The molecule has 1 aliphatic carbocycles. The van der Waals surface area contributed by atoms with Gasteiger partial charge >= 0.3 is 0 Å². The number of sulfonamides is 1. The van der Waals surface area contributed by atoms with Crippen LogP contribution in [0.5, 0.6) is 0 Å². The summed E-state index contributed by atoms with van der Waals surface area (Å²) in [5.41, 5.74) is 0.807. The Kier molecular flexibility index (Phi) is 6.85. The largest absolute Gasteiger partial charge is 0.339 e. The lowest BCUT2D eigenvalue weighted by Crippen LogP contribution is -2.38. The van der Waals surface area contributed by atoms with Gasteiger partial charge in [-0.05, 0) is 50.1 Å². The Morgan fingerprint density at radius 3 is 2.34 bits per heavy atom. The molecule has 29 heavy (non-hydrogen) atoms. The van der Waals surface area contributed by atoms with Crippen molar-refractivity contribution < 1.29 is 13.2 Å². The van der Waals surface area contributed by atoms with Crippen LogP contribution in [0.15, 0.2) is 53.4 Å². The third-order valence-electron chi connectivity index (χ3n) is 5.53. The summed E-state index contributed by atoms with van der Waals surface area (Å²) in [4.78, 5) is 14.9. The molecule has 0 aliphatic heterocycles. The van der Waals surface area contributed by atoms with Gasteiger partial charge in [0.15, 0.2) is 0 Å². The lowest BCUT2D eigenvalue weighted by molar-refractivity contribution is 0.0696. The number of amides is 1. The number of para-hydroxylation sites is 1. The molecular weight excluding hydrogens is 408 g/mol. The number of carbonyl (C=O) groups excluding carboxylic acids is 1. The van der Waals surface area contributed by atoms with Crippen LogP contribution in [0.4, 0.5) is 5.69 Å². The number of hydrogen-bond acceptors (Lipinski definition) is 3. The molecule has 0 atom stereocenters. The molecule has 7 heteroatoms. The van der Waals surface area contributed by atoms with Gasteiger partial charge < -0.3 is 4.90 Å². The van der Waals surface area contributed by atoms with Gasteiger partial charge in [-0.15, -0.1) is 0 Å². The molecule has 0 spiro atoms. The van der Waals surface area contributed by atoms with Gasteiger partial charge in [-0.3, -0.25) is 9.10 Å². The highest BCUT2D eigenvalue weighted by atomic mass is 35.5. The van der Waals surface area contributed by atoms with Gasteiger partial charge in [0.05, 0.1) is 21.2 Å². The van der Waals surface area contributed by atoms with Gasteiger partial charge in [-0.1, -0.05) is 49.1 Å². The minimum Gasteiger partial charge on any atom is -0.339 e. The number of carbonyl (C=O) groups is 1. The van der Waals surface area contributed by atoms with E-state index in [2.05, 4.69) is 0 Å². The smallest absolute Gasteiger partial charge is 0.264 e. The fourth-order valence-corrected chi connectivity index (χ4v) is 5.56. The van der Waals surface area contributed by atoms with Gasteiger partial charge in [0.2, 0.25) is 0 Å². The molecule has 1 fully saturated rings. The van der Waals surface area contributed by atoms with Crippen LogP contribution in [0.25, 0.3) is 0 Å². The highest BCUT2D eigenvalue weighted by Gasteiger charge is 2.28. The van der Waals surface area contributed by atoms with Crippen molar-refractivity contribution in [2.75, 3.05) is 17.9 Å². The maximum absolute atomic E-state index is 13.3. The van der Waals surface area contributed by atoms with Crippen LogP contribution in [0, 0.1) is 0 Å². The molecule has 3 rings (SSSR count). The summed E-state index contributed by atoms with van der Waals surface area (Å²) < 4.78 is 27.9. The topological polar surface area (TPSA) is 57.7 Å². The predicted molar refractivity (Wildman–Crippen MR) is 117 cm³/mol. The van der Waals surface area contributed by atoms with E-state index in [1.807, 2.05) is 6.07 Å². The normalized spacial score (nSPS) is 15.1. The molecule has 0 bridgehead atoms. The molecule has 2 aromatic carbocycles. The first kappa shape index (κ1) is 21.7. The minimum absolute atomic E-state index is 0.0630. The molecular formula is C22H27ClN2O3S. The van der Waals surface area contributed by atoms with Gasteiger partial charge in [0.1, 0.15) is 0 Å². The highest BCUT2D eigenvalue weighted by Crippen LogP contribution is 2.29. The van der Waals surface area contributed by atoms with Crippen LogP contribution in [0.2, 0.25) is 5.02 Å². The summed E-state index contributed by atoms with van der Waals surface area (Å²) in [7, 11) is -2.05. The summed E-state index contributed by atoms with van der Waals surface area (Å²) >= 11 is 6.30. The van der Waals surface area contributed by atoms with Crippen LogP contribution in [-0.2, 0) is 10.0 Å². The standard InChI is InChI=1S/C22H27ClN2O3S/c1-3-25(18-12-8-5-9-13-18)29(27,28)19-14-15-21(23)20(16-19)22(26)24(2)17-10-6-4-7-11-17/h5,8-9,12-17H,3-4,6-7,10-11H2,1-2H3. The molecule has 0 unspecified atom stereocenters. The molecule has 0 heterocycles. The van der Waals surface area contributed by atoms with Crippen LogP contribution in [-0.4, -0.2) is 38.9 Å². The molecule has 1 aliphatic rings. The van der Waals surface area contributed by atoms with Crippen LogP contribution >= 0.6 is 11.6 Å². The third kappa shape index (κ3) is 4.59. The monoisotopic (exact) mass is 434 g/mol. The fourth-order valence-electron chi connectivity index (χ4n) is 3.87. The van der Waals surface area contributed by atoms with Gasteiger partial charge in [0.25, 0.3) is 15.9 Å². The SMILES string of the molecule is CCN(c1ccccc1)S(=O)(=O)c1ccc(Cl)c(C(=O)N(C)C2CCCCC2)c1. The first-order valence-electron chi connectivity index (χ1n) is 10.0. The number of benzene rings is 2. The Labute approximate surface area is 178 Å². The van der Waals surface area contributed by atoms with Crippen molar-refractivity contribution in [3.8, 4) is 0 Å². The van der Waals surface area contributed by atoms with Crippen molar-refractivity contribution in [3.05, 3.63) is 59.1 Å². The molecule has 1 amide bonds. The van der Waals surface area contributed by atoms with Crippen molar-refractivity contribution in [2.45, 2.75) is 50.0 Å². The van der Waals surface area contributed by atoms with E-state index in [0.717, 1.165) is 25.7 Å². The number of rotatable bonds is 6. The van der Waals surface area contributed by atoms with Crippen molar-refractivity contribution in [2.24, 2.45) is 0 Å². The summed E-state index contributed by atoms with van der Waals surface area (Å²) in [5.74, 6) is -0.235. The molecule has 2 aromatic rings. The van der Waals surface area contributed by atoms with Crippen LogP contribution in [0.1, 0.15) is 49.4 Å². The maximum atomic E-state index is 13.3. The second kappa shape index (κ2) is 9.18. The number of anilines is 1. The molecule has 0 N–H and O–H groups in total. The predicted octanol–water partition coefficient (Wildman–Crippen LogP) is 4.96. The zero-order valence-electron chi connectivity index (χ0n) is 16.8. The van der Waals surface area contributed by atoms with E-state index in [1.54, 1.807) is 43.1 Å². The molecule has 1 saturated carbocycles. The average Bonchev–Trinajstić information content (AvgIpc) is 2.74. The Balaban J connectivity index is 1.94. The van der Waals surface area contributed by atoms with E-state index in [0.29, 0.717) is 5.69 Å². The lowest BCUT2D eigenvalue weighted by atomic mass is 9.94. The Hall–Kier alpha value is -2.05. The van der Waals surface area contributed by atoms with Crippen molar-refractivity contribution in [1.82, 2.24) is 4.90 Å². The van der Waals surface area contributed by atoms with E-state index in [-0.39, 0.29) is 34.0 Å². The van der Waals surface area contributed by atoms with Crippen LogP contribution in [0.3, 0.4) is 0 Å².